The Hall–Kier alpha value is -1.56. The fourth-order valence-corrected chi connectivity index (χ4v) is 2.29. The monoisotopic (exact) mass is 327 g/mol. The van der Waals surface area contributed by atoms with E-state index < -0.39 is 0 Å². The zero-order valence-corrected chi connectivity index (χ0v) is 12.5. The first kappa shape index (κ1) is 13.4. The fraction of sp³-hybridized carbons (Fsp3) is 0.0833. The van der Waals surface area contributed by atoms with Gasteiger partial charge in [-0.2, -0.15) is 19.6 Å². The normalized spacial score (nSPS) is 11.0. The summed E-state index contributed by atoms with van der Waals surface area (Å²) in [4.78, 5) is 8.15. The number of aromatic nitrogens is 4. The highest BCUT2D eigenvalue weighted by Crippen LogP contribution is 2.33. The molecule has 0 saturated carbocycles. The minimum atomic E-state index is 0.353. The molecule has 3 rings (SSSR count). The van der Waals surface area contributed by atoms with Gasteiger partial charge in [-0.3, -0.25) is 0 Å². The van der Waals surface area contributed by atoms with Crippen LogP contribution in [0.3, 0.4) is 0 Å². The maximum Gasteiger partial charge on any atom is 0.255 e. The largest absolute Gasteiger partial charge is 0.338 e. The van der Waals surface area contributed by atoms with Gasteiger partial charge in [-0.15, -0.1) is 0 Å². The molecule has 0 aliphatic rings. The molecule has 0 radical (unpaired) electrons. The molecule has 0 fully saturated rings. The van der Waals surface area contributed by atoms with Crippen LogP contribution in [0.2, 0.25) is 15.2 Å². The van der Waals surface area contributed by atoms with Crippen LogP contribution < -0.4 is 5.32 Å². The van der Waals surface area contributed by atoms with Gasteiger partial charge in [-0.05, 0) is 19.1 Å². The highest BCUT2D eigenvalue weighted by atomic mass is 35.5. The Kier molecular flexibility index (Phi) is 3.41. The number of fused-ring (bicyclic) bond motifs is 1. The molecular weight excluding hydrogens is 321 g/mol. The molecule has 0 spiro atoms. The Morgan fingerprint density at radius 2 is 2.00 bits per heavy atom. The summed E-state index contributed by atoms with van der Waals surface area (Å²) in [6.45, 7) is 1.83. The molecule has 0 saturated heterocycles. The number of halogens is 3. The molecule has 3 aromatic rings. The Labute approximate surface area is 129 Å². The zero-order valence-electron chi connectivity index (χ0n) is 10.2. The van der Waals surface area contributed by atoms with Gasteiger partial charge in [0.25, 0.3) is 5.78 Å². The van der Waals surface area contributed by atoms with Crippen LogP contribution >= 0.6 is 34.8 Å². The predicted molar refractivity (Wildman–Crippen MR) is 80.3 cm³/mol. The number of hydrogen-bond donors (Lipinski definition) is 1. The Morgan fingerprint density at radius 3 is 2.80 bits per heavy atom. The quantitative estimate of drug-likeness (QED) is 0.718. The van der Waals surface area contributed by atoms with Gasteiger partial charge in [0.1, 0.15) is 17.3 Å². The summed E-state index contributed by atoms with van der Waals surface area (Å²) in [5, 5.41) is 8.53. The van der Waals surface area contributed by atoms with Crippen LogP contribution in [0, 0.1) is 6.92 Å². The van der Waals surface area contributed by atoms with E-state index in [4.69, 9.17) is 34.8 Å². The van der Waals surface area contributed by atoms with E-state index in [0.717, 1.165) is 5.56 Å². The Morgan fingerprint density at radius 1 is 1.20 bits per heavy atom. The maximum absolute atomic E-state index is 6.17. The highest BCUT2D eigenvalue weighted by molar-refractivity contribution is 6.43. The molecule has 0 atom stereocenters. The molecule has 5 nitrogen and oxygen atoms in total. The lowest BCUT2D eigenvalue weighted by atomic mass is 10.3. The molecule has 0 amide bonds. The molecule has 102 valence electrons. The van der Waals surface area contributed by atoms with Crippen molar-refractivity contribution in [1.29, 1.82) is 0 Å². The molecule has 0 aliphatic heterocycles. The van der Waals surface area contributed by atoms with Crippen molar-refractivity contribution < 1.29 is 0 Å². The van der Waals surface area contributed by atoms with Crippen LogP contribution in [0.5, 0.6) is 0 Å². The van der Waals surface area contributed by atoms with Crippen LogP contribution in [0.15, 0.2) is 24.5 Å². The average molecular weight is 329 g/mol. The lowest BCUT2D eigenvalue weighted by Gasteiger charge is -2.13. The first-order valence-electron chi connectivity index (χ1n) is 5.65. The predicted octanol–water partition coefficient (Wildman–Crippen LogP) is 4.14. The number of hydrogen-bond acceptors (Lipinski definition) is 4. The molecular formula is C12H8Cl3N5. The van der Waals surface area contributed by atoms with Crippen molar-refractivity contribution in [2.75, 3.05) is 5.32 Å². The Bertz CT molecular complexity index is 799. The summed E-state index contributed by atoms with van der Waals surface area (Å²) in [6.07, 6.45) is 1.41. The average Bonchev–Trinajstić information content (AvgIpc) is 2.87. The van der Waals surface area contributed by atoms with Gasteiger partial charge in [0, 0.05) is 5.56 Å². The van der Waals surface area contributed by atoms with Crippen molar-refractivity contribution >= 4 is 52.1 Å². The van der Waals surface area contributed by atoms with E-state index in [9.17, 15) is 0 Å². The molecule has 2 heterocycles. The smallest absolute Gasteiger partial charge is 0.255 e. The molecule has 8 heteroatoms. The first-order chi connectivity index (χ1) is 9.58. The van der Waals surface area contributed by atoms with Crippen molar-refractivity contribution in [3.05, 3.63) is 45.3 Å². The van der Waals surface area contributed by atoms with Gasteiger partial charge < -0.3 is 5.32 Å². The van der Waals surface area contributed by atoms with E-state index in [2.05, 4.69) is 20.4 Å². The molecule has 2 aromatic heterocycles. The third-order valence-corrected chi connectivity index (χ3v) is 4.00. The van der Waals surface area contributed by atoms with Gasteiger partial charge in [0.05, 0.1) is 15.7 Å². The number of anilines is 2. The van der Waals surface area contributed by atoms with E-state index in [0.29, 0.717) is 32.5 Å². The summed E-state index contributed by atoms with van der Waals surface area (Å²) in [5.74, 6) is 1.04. The minimum Gasteiger partial charge on any atom is -0.338 e. The lowest BCUT2D eigenvalue weighted by Crippen LogP contribution is -2.05. The van der Waals surface area contributed by atoms with E-state index in [1.807, 2.05) is 13.0 Å². The van der Waals surface area contributed by atoms with Crippen LogP contribution in [-0.4, -0.2) is 19.6 Å². The summed E-state index contributed by atoms with van der Waals surface area (Å²) in [6, 6.07) is 5.32. The second kappa shape index (κ2) is 5.09. The van der Waals surface area contributed by atoms with Gasteiger partial charge in [-0.25, -0.2) is 0 Å². The number of rotatable bonds is 2. The van der Waals surface area contributed by atoms with E-state index >= 15 is 0 Å². The topological polar surface area (TPSA) is 55.1 Å². The van der Waals surface area contributed by atoms with Crippen molar-refractivity contribution in [1.82, 2.24) is 19.6 Å². The Balaban J connectivity index is 2.17. The van der Waals surface area contributed by atoms with Crippen molar-refractivity contribution in [3.63, 3.8) is 0 Å². The molecule has 0 aliphatic carbocycles. The molecule has 1 aromatic carbocycles. The van der Waals surface area contributed by atoms with Crippen molar-refractivity contribution in [3.8, 4) is 0 Å². The summed E-state index contributed by atoms with van der Waals surface area (Å²) < 4.78 is 1.55. The molecule has 1 N–H and O–H groups in total. The van der Waals surface area contributed by atoms with E-state index in [1.54, 1.807) is 16.6 Å². The summed E-state index contributed by atoms with van der Waals surface area (Å²) >= 11 is 18.3. The molecule has 0 unspecified atom stereocenters. The van der Waals surface area contributed by atoms with Crippen LogP contribution in [-0.2, 0) is 0 Å². The van der Waals surface area contributed by atoms with Crippen molar-refractivity contribution in [2.24, 2.45) is 0 Å². The first-order valence-corrected chi connectivity index (χ1v) is 6.78. The third kappa shape index (κ3) is 2.18. The van der Waals surface area contributed by atoms with Gasteiger partial charge in [0.2, 0.25) is 0 Å². The third-order valence-electron chi connectivity index (χ3n) is 2.81. The molecule has 0 bridgehead atoms. The standard InChI is InChI=1S/C12H8Cl3N5/c1-6-10(15)19-12-16-5-17-20(12)11(6)18-8-4-2-3-7(13)9(8)14/h2-5,18H,1H3. The maximum atomic E-state index is 6.17. The summed E-state index contributed by atoms with van der Waals surface area (Å²) in [7, 11) is 0. The van der Waals surface area contributed by atoms with Crippen LogP contribution in [0.25, 0.3) is 5.78 Å². The lowest BCUT2D eigenvalue weighted by molar-refractivity contribution is 0.936. The summed E-state index contributed by atoms with van der Waals surface area (Å²) in [5.41, 5.74) is 1.39. The van der Waals surface area contributed by atoms with E-state index in [1.165, 1.54) is 6.33 Å². The second-order valence-electron chi connectivity index (χ2n) is 4.07. The van der Waals surface area contributed by atoms with Crippen LogP contribution in [0.1, 0.15) is 5.56 Å². The van der Waals surface area contributed by atoms with Crippen LogP contribution in [0.4, 0.5) is 11.5 Å². The van der Waals surface area contributed by atoms with E-state index in [-0.39, 0.29) is 0 Å². The van der Waals surface area contributed by atoms with Gasteiger partial charge in [-0.1, -0.05) is 40.9 Å². The molecule has 20 heavy (non-hydrogen) atoms. The highest BCUT2D eigenvalue weighted by Gasteiger charge is 2.14. The zero-order chi connectivity index (χ0) is 14.3. The number of nitrogens with one attached hydrogen (secondary N) is 1. The minimum absolute atomic E-state index is 0.353. The second-order valence-corrected chi connectivity index (χ2v) is 5.22. The van der Waals surface area contributed by atoms with Crippen molar-refractivity contribution in [2.45, 2.75) is 6.92 Å². The van der Waals surface area contributed by atoms with Gasteiger partial charge >= 0.3 is 0 Å². The number of nitrogens with zero attached hydrogens (tertiary/aromatic N) is 4. The SMILES string of the molecule is Cc1c(Cl)nc2ncnn2c1Nc1cccc(Cl)c1Cl. The fourth-order valence-electron chi connectivity index (χ4n) is 1.77. The van der Waals surface area contributed by atoms with Gasteiger partial charge in [0.15, 0.2) is 0 Å². The number of benzene rings is 1.